The predicted octanol–water partition coefficient (Wildman–Crippen LogP) is 3.65. The third-order valence-corrected chi connectivity index (χ3v) is 3.39. The van der Waals surface area contributed by atoms with Crippen molar-refractivity contribution in [1.29, 1.82) is 0 Å². The molecule has 1 unspecified atom stereocenters. The van der Waals surface area contributed by atoms with Gasteiger partial charge in [0.15, 0.2) is 0 Å². The van der Waals surface area contributed by atoms with Gasteiger partial charge in [-0.15, -0.1) is 10.2 Å². The van der Waals surface area contributed by atoms with Crippen LogP contribution in [0, 0.1) is 5.82 Å². The summed E-state index contributed by atoms with van der Waals surface area (Å²) >= 11 is 3.44. The lowest BCUT2D eigenvalue weighted by atomic mass is 10.1. The highest BCUT2D eigenvalue weighted by Crippen LogP contribution is 2.24. The molecule has 0 aliphatic carbocycles. The first-order chi connectivity index (χ1) is 8.19. The van der Waals surface area contributed by atoms with E-state index in [0.29, 0.717) is 18.2 Å². The Bertz CT molecular complexity index is 501. The zero-order valence-corrected chi connectivity index (χ0v) is 10.9. The van der Waals surface area contributed by atoms with Crippen molar-refractivity contribution in [1.82, 2.24) is 10.2 Å². The van der Waals surface area contributed by atoms with Gasteiger partial charge in [0.1, 0.15) is 5.82 Å². The summed E-state index contributed by atoms with van der Waals surface area (Å²) < 4.78 is 18.5. The van der Waals surface area contributed by atoms with E-state index in [0.717, 1.165) is 12.0 Å². The van der Waals surface area contributed by atoms with Gasteiger partial charge in [-0.05, 0) is 24.1 Å². The predicted molar refractivity (Wildman–Crippen MR) is 65.5 cm³/mol. The summed E-state index contributed by atoms with van der Waals surface area (Å²) in [7, 11) is 0. The molecule has 0 saturated carbocycles. The molecule has 0 fully saturated rings. The molecular formula is C12H12BrFN2O. The van der Waals surface area contributed by atoms with Crippen molar-refractivity contribution in [3.63, 3.8) is 0 Å². The van der Waals surface area contributed by atoms with Crippen molar-refractivity contribution in [3.05, 3.63) is 47.4 Å². The van der Waals surface area contributed by atoms with Crippen LogP contribution in [0.4, 0.5) is 4.39 Å². The Kier molecular flexibility index (Phi) is 3.89. The Morgan fingerprint density at radius 2 is 2.24 bits per heavy atom. The maximum atomic E-state index is 13.0. The van der Waals surface area contributed by atoms with E-state index in [2.05, 4.69) is 26.1 Å². The highest BCUT2D eigenvalue weighted by Gasteiger charge is 2.13. The van der Waals surface area contributed by atoms with Crippen LogP contribution in [0.25, 0.3) is 0 Å². The van der Waals surface area contributed by atoms with Crippen LogP contribution in [0.5, 0.6) is 0 Å². The first-order valence-corrected chi connectivity index (χ1v) is 6.31. The number of halogens is 2. The average molecular weight is 299 g/mol. The second-order valence-corrected chi connectivity index (χ2v) is 4.82. The number of nitrogens with zero attached hydrogens (tertiary/aromatic N) is 2. The molecule has 1 atom stereocenters. The minimum atomic E-state index is -0.255. The third kappa shape index (κ3) is 3.12. The summed E-state index contributed by atoms with van der Waals surface area (Å²) in [6.07, 6.45) is 1.33. The smallest absolute Gasteiger partial charge is 0.230 e. The zero-order chi connectivity index (χ0) is 12.3. The Labute approximate surface area is 107 Å². The lowest BCUT2D eigenvalue weighted by molar-refractivity contribution is 0.453. The van der Waals surface area contributed by atoms with Gasteiger partial charge < -0.3 is 4.42 Å². The van der Waals surface area contributed by atoms with E-state index in [1.807, 2.05) is 13.0 Å². The SMILES string of the molecule is CCC(Br)c1nnc(Cc2cccc(F)c2)o1. The molecule has 3 nitrogen and oxygen atoms in total. The van der Waals surface area contributed by atoms with E-state index in [1.165, 1.54) is 12.1 Å². The molecule has 1 aromatic heterocycles. The lowest BCUT2D eigenvalue weighted by Gasteiger charge is -1.99. The third-order valence-electron chi connectivity index (χ3n) is 2.35. The highest BCUT2D eigenvalue weighted by molar-refractivity contribution is 9.09. The standard InChI is InChI=1S/C12H12BrFN2O/c1-2-10(13)12-16-15-11(17-12)7-8-4-3-5-9(14)6-8/h3-6,10H,2,7H2,1H3. The molecule has 0 saturated heterocycles. The molecule has 2 rings (SSSR count). The van der Waals surface area contributed by atoms with Crippen LogP contribution in [0.1, 0.15) is 35.5 Å². The normalized spacial score (nSPS) is 12.6. The molecule has 17 heavy (non-hydrogen) atoms. The quantitative estimate of drug-likeness (QED) is 0.809. The summed E-state index contributed by atoms with van der Waals surface area (Å²) in [5.41, 5.74) is 0.822. The number of hydrogen-bond acceptors (Lipinski definition) is 3. The van der Waals surface area contributed by atoms with E-state index in [9.17, 15) is 4.39 Å². The van der Waals surface area contributed by atoms with Crippen molar-refractivity contribution in [3.8, 4) is 0 Å². The van der Waals surface area contributed by atoms with Gasteiger partial charge in [-0.1, -0.05) is 35.0 Å². The molecule has 5 heteroatoms. The summed E-state index contributed by atoms with van der Waals surface area (Å²) in [6, 6.07) is 6.38. The van der Waals surface area contributed by atoms with Gasteiger partial charge in [0, 0.05) is 0 Å². The van der Waals surface area contributed by atoms with E-state index >= 15 is 0 Å². The summed E-state index contributed by atoms with van der Waals surface area (Å²) in [5.74, 6) is 0.816. The molecule has 1 heterocycles. The van der Waals surface area contributed by atoms with Crippen LogP contribution < -0.4 is 0 Å². The second kappa shape index (κ2) is 5.40. The van der Waals surface area contributed by atoms with Gasteiger partial charge in [0.25, 0.3) is 0 Å². The number of alkyl halides is 1. The van der Waals surface area contributed by atoms with Crippen molar-refractivity contribution >= 4 is 15.9 Å². The van der Waals surface area contributed by atoms with Crippen molar-refractivity contribution in [2.45, 2.75) is 24.6 Å². The fourth-order valence-corrected chi connectivity index (χ4v) is 1.65. The second-order valence-electron chi connectivity index (χ2n) is 3.72. The van der Waals surface area contributed by atoms with Crippen LogP contribution in [0.3, 0.4) is 0 Å². The monoisotopic (exact) mass is 298 g/mol. The first-order valence-electron chi connectivity index (χ1n) is 5.40. The number of rotatable bonds is 4. The summed E-state index contributed by atoms with van der Waals surface area (Å²) in [5, 5.41) is 7.89. The summed E-state index contributed by atoms with van der Waals surface area (Å²) in [6.45, 7) is 2.02. The topological polar surface area (TPSA) is 38.9 Å². The van der Waals surface area contributed by atoms with Crippen LogP contribution in [0.2, 0.25) is 0 Å². The minimum Gasteiger partial charge on any atom is -0.424 e. The lowest BCUT2D eigenvalue weighted by Crippen LogP contribution is -1.89. The highest BCUT2D eigenvalue weighted by atomic mass is 79.9. The maximum Gasteiger partial charge on any atom is 0.230 e. The molecule has 0 amide bonds. The minimum absolute atomic E-state index is 0.0799. The molecule has 0 N–H and O–H groups in total. The number of aromatic nitrogens is 2. The molecular weight excluding hydrogens is 287 g/mol. The molecule has 1 aromatic carbocycles. The Morgan fingerprint density at radius 1 is 1.41 bits per heavy atom. The van der Waals surface area contributed by atoms with E-state index in [1.54, 1.807) is 6.07 Å². The largest absolute Gasteiger partial charge is 0.424 e. The fourth-order valence-electron chi connectivity index (χ4n) is 1.46. The van der Waals surface area contributed by atoms with Gasteiger partial charge in [0.05, 0.1) is 11.2 Å². The van der Waals surface area contributed by atoms with Crippen molar-refractivity contribution < 1.29 is 8.81 Å². The van der Waals surface area contributed by atoms with Gasteiger partial charge in [-0.2, -0.15) is 0 Å². The van der Waals surface area contributed by atoms with Crippen LogP contribution in [-0.4, -0.2) is 10.2 Å². The molecule has 2 aromatic rings. The summed E-state index contributed by atoms with van der Waals surface area (Å²) in [4.78, 5) is 0.0799. The van der Waals surface area contributed by atoms with Gasteiger partial charge in [-0.25, -0.2) is 4.39 Å². The Balaban J connectivity index is 2.11. The van der Waals surface area contributed by atoms with E-state index in [4.69, 9.17) is 4.42 Å². The molecule has 0 bridgehead atoms. The fraction of sp³-hybridized carbons (Fsp3) is 0.333. The Hall–Kier alpha value is -1.23. The van der Waals surface area contributed by atoms with Gasteiger partial charge >= 0.3 is 0 Å². The molecule has 0 radical (unpaired) electrons. The van der Waals surface area contributed by atoms with Crippen molar-refractivity contribution in [2.75, 3.05) is 0 Å². The van der Waals surface area contributed by atoms with E-state index < -0.39 is 0 Å². The van der Waals surface area contributed by atoms with Gasteiger partial charge in [-0.3, -0.25) is 0 Å². The van der Waals surface area contributed by atoms with Crippen LogP contribution in [-0.2, 0) is 6.42 Å². The van der Waals surface area contributed by atoms with E-state index in [-0.39, 0.29) is 10.6 Å². The zero-order valence-electron chi connectivity index (χ0n) is 9.36. The first kappa shape index (κ1) is 12.2. The Morgan fingerprint density at radius 3 is 2.94 bits per heavy atom. The number of benzene rings is 1. The number of hydrogen-bond donors (Lipinski definition) is 0. The average Bonchev–Trinajstić information content (AvgIpc) is 2.76. The molecule has 0 spiro atoms. The van der Waals surface area contributed by atoms with Crippen LogP contribution in [0.15, 0.2) is 28.7 Å². The molecule has 0 aliphatic heterocycles. The van der Waals surface area contributed by atoms with Crippen molar-refractivity contribution in [2.24, 2.45) is 0 Å². The maximum absolute atomic E-state index is 13.0. The van der Waals surface area contributed by atoms with Crippen LogP contribution >= 0.6 is 15.9 Å². The van der Waals surface area contributed by atoms with Gasteiger partial charge in [0.2, 0.25) is 11.8 Å². The molecule has 90 valence electrons. The molecule has 0 aliphatic rings.